The highest BCUT2D eigenvalue weighted by molar-refractivity contribution is 6.30. The van der Waals surface area contributed by atoms with Crippen molar-refractivity contribution in [2.75, 3.05) is 26.7 Å². The number of imidazole rings is 1. The molecule has 2 aromatic carbocycles. The Morgan fingerprint density at radius 2 is 2.05 bits per heavy atom. The van der Waals surface area contributed by atoms with E-state index >= 15 is 0 Å². The van der Waals surface area contributed by atoms with Crippen LogP contribution in [0.15, 0.2) is 48.7 Å². The molecule has 3 aliphatic heterocycles. The average Bonchev–Trinajstić information content (AvgIpc) is 3.52. The lowest BCUT2D eigenvalue weighted by Gasteiger charge is -2.33. The van der Waals surface area contributed by atoms with E-state index < -0.39 is 18.8 Å². The zero-order valence-corrected chi connectivity index (χ0v) is 24.3. The van der Waals surface area contributed by atoms with Crippen LogP contribution < -0.4 is 14.2 Å². The SMILES string of the molecule is [2H]C([2H])([2H])Oc1cc(C(=O)O)cc2c1nc(CN1CCC(c3cccc4c3O[C@@](C)(c3ccc(Cl)cn3)O4)CC1)n2CC1CCO1. The molecule has 0 saturated carbocycles. The van der Waals surface area contributed by atoms with E-state index in [1.54, 1.807) is 18.3 Å². The molecule has 1 unspecified atom stereocenters. The summed E-state index contributed by atoms with van der Waals surface area (Å²) >= 11 is 6.04. The van der Waals surface area contributed by atoms with Crippen molar-refractivity contribution in [2.45, 2.75) is 57.1 Å². The van der Waals surface area contributed by atoms with Gasteiger partial charge in [-0.1, -0.05) is 23.7 Å². The highest BCUT2D eigenvalue weighted by Crippen LogP contribution is 2.49. The number of para-hydroxylation sites is 1. The number of fused-ring (bicyclic) bond motifs is 2. The maximum absolute atomic E-state index is 11.9. The Kier molecular flexibility index (Phi) is 6.29. The number of likely N-dealkylation sites (tertiary alicyclic amines) is 1. The van der Waals surface area contributed by atoms with Crippen molar-refractivity contribution >= 4 is 28.6 Å². The fourth-order valence-electron chi connectivity index (χ4n) is 6.22. The number of nitrogens with zero attached hydrogens (tertiary/aromatic N) is 4. The molecular formula is C32H33ClN4O6. The van der Waals surface area contributed by atoms with Gasteiger partial charge in [-0.2, -0.15) is 0 Å². The topological polar surface area (TPSA) is 108 Å². The quantitative estimate of drug-likeness (QED) is 0.274. The average molecular weight is 608 g/mol. The van der Waals surface area contributed by atoms with Gasteiger partial charge in [-0.3, -0.25) is 9.88 Å². The summed E-state index contributed by atoms with van der Waals surface area (Å²) in [7, 11) is -2.76. The Balaban J connectivity index is 1.12. The molecule has 2 fully saturated rings. The van der Waals surface area contributed by atoms with Crippen LogP contribution in [0, 0.1) is 0 Å². The molecule has 2 atom stereocenters. The number of hydrogen-bond acceptors (Lipinski definition) is 8. The Morgan fingerprint density at radius 1 is 1.21 bits per heavy atom. The van der Waals surface area contributed by atoms with E-state index in [1.165, 1.54) is 12.1 Å². The summed E-state index contributed by atoms with van der Waals surface area (Å²) in [5.41, 5.74) is 2.48. The molecule has 11 heteroatoms. The predicted octanol–water partition coefficient (Wildman–Crippen LogP) is 5.60. The van der Waals surface area contributed by atoms with Crippen molar-refractivity contribution in [3.63, 3.8) is 0 Å². The molecule has 4 aromatic rings. The Morgan fingerprint density at radius 3 is 2.74 bits per heavy atom. The number of pyridine rings is 1. The minimum Gasteiger partial charge on any atom is -0.494 e. The predicted molar refractivity (Wildman–Crippen MR) is 159 cm³/mol. The second-order valence-electron chi connectivity index (χ2n) is 11.4. The van der Waals surface area contributed by atoms with Gasteiger partial charge in [0.15, 0.2) is 11.5 Å². The third-order valence-electron chi connectivity index (χ3n) is 8.63. The Labute approximate surface area is 258 Å². The number of methoxy groups -OCH3 is 1. The number of hydrogen-bond donors (Lipinski definition) is 1. The van der Waals surface area contributed by atoms with Crippen LogP contribution in [0.5, 0.6) is 17.2 Å². The van der Waals surface area contributed by atoms with Crippen molar-refractivity contribution in [2.24, 2.45) is 0 Å². The molecule has 5 heterocycles. The number of benzene rings is 2. The monoisotopic (exact) mass is 607 g/mol. The van der Waals surface area contributed by atoms with E-state index in [0.717, 1.165) is 43.7 Å². The largest absolute Gasteiger partial charge is 0.494 e. The van der Waals surface area contributed by atoms with Crippen molar-refractivity contribution in [3.8, 4) is 17.2 Å². The van der Waals surface area contributed by atoms with Gasteiger partial charge in [-0.25, -0.2) is 9.78 Å². The molecule has 1 N–H and O–H groups in total. The van der Waals surface area contributed by atoms with Crippen LogP contribution in [0.2, 0.25) is 5.02 Å². The van der Waals surface area contributed by atoms with Crippen LogP contribution in [0.3, 0.4) is 0 Å². The van der Waals surface area contributed by atoms with Crippen LogP contribution in [0.4, 0.5) is 0 Å². The molecule has 3 aliphatic rings. The number of carbonyl (C=O) groups is 1. The van der Waals surface area contributed by atoms with Crippen LogP contribution >= 0.6 is 11.6 Å². The molecule has 10 nitrogen and oxygen atoms in total. The first-order valence-electron chi connectivity index (χ1n) is 15.9. The molecular weight excluding hydrogens is 572 g/mol. The van der Waals surface area contributed by atoms with E-state index in [9.17, 15) is 9.90 Å². The van der Waals surface area contributed by atoms with Crippen LogP contribution in [-0.4, -0.2) is 63.3 Å². The van der Waals surface area contributed by atoms with Crippen LogP contribution in [0.1, 0.15) is 63.7 Å². The van der Waals surface area contributed by atoms with Gasteiger partial charge in [0.1, 0.15) is 22.8 Å². The first kappa shape index (κ1) is 24.6. The van der Waals surface area contributed by atoms with Gasteiger partial charge < -0.3 is 28.6 Å². The Hall–Kier alpha value is -3.86. The van der Waals surface area contributed by atoms with Crippen LogP contribution in [0.25, 0.3) is 11.0 Å². The zero-order valence-electron chi connectivity index (χ0n) is 26.6. The summed E-state index contributed by atoms with van der Waals surface area (Å²) in [4.78, 5) is 23.5. The van der Waals surface area contributed by atoms with Gasteiger partial charge in [-0.05, 0) is 68.6 Å². The van der Waals surface area contributed by atoms with Crippen molar-refractivity contribution in [3.05, 3.63) is 76.3 Å². The van der Waals surface area contributed by atoms with Crippen LogP contribution in [-0.2, 0) is 23.6 Å². The normalized spacial score (nSPS) is 23.4. The molecule has 224 valence electrons. The number of carboxylic acid groups (broad SMARTS) is 1. The number of aromatic nitrogens is 3. The lowest BCUT2D eigenvalue weighted by molar-refractivity contribution is -0.0722. The number of aromatic carboxylic acids is 1. The van der Waals surface area contributed by atoms with Crippen molar-refractivity contribution in [1.82, 2.24) is 19.4 Å². The summed E-state index contributed by atoms with van der Waals surface area (Å²) in [6.07, 6.45) is 4.17. The van der Waals surface area contributed by atoms with Gasteiger partial charge in [-0.15, -0.1) is 0 Å². The number of carboxylic acids is 1. The zero-order chi connectivity index (χ0) is 32.2. The smallest absolute Gasteiger partial charge is 0.335 e. The first-order chi connectivity index (χ1) is 22.0. The summed E-state index contributed by atoms with van der Waals surface area (Å²) in [6.45, 7) is 5.07. The fraction of sp³-hybridized carbons (Fsp3) is 0.406. The van der Waals surface area contributed by atoms with Gasteiger partial charge in [0.25, 0.3) is 5.79 Å². The second kappa shape index (κ2) is 11.0. The van der Waals surface area contributed by atoms with Gasteiger partial charge >= 0.3 is 5.97 Å². The molecule has 0 aliphatic carbocycles. The Bertz CT molecular complexity index is 1790. The second-order valence-corrected chi connectivity index (χ2v) is 11.8. The minimum absolute atomic E-state index is 0.0292. The first-order valence-corrected chi connectivity index (χ1v) is 14.8. The molecule has 43 heavy (non-hydrogen) atoms. The summed E-state index contributed by atoms with van der Waals surface area (Å²) in [5, 5.41) is 10.3. The molecule has 0 spiro atoms. The number of halogens is 1. The molecule has 0 radical (unpaired) electrons. The lowest BCUT2D eigenvalue weighted by atomic mass is 9.88. The molecule has 2 aromatic heterocycles. The van der Waals surface area contributed by atoms with Crippen molar-refractivity contribution in [1.29, 1.82) is 0 Å². The van der Waals surface area contributed by atoms with Gasteiger partial charge in [0, 0.05) is 25.3 Å². The number of ether oxygens (including phenoxy) is 4. The van der Waals surface area contributed by atoms with Crippen molar-refractivity contribution < 1.29 is 33.0 Å². The number of rotatable bonds is 8. The van der Waals surface area contributed by atoms with E-state index in [2.05, 4.69) is 16.0 Å². The molecule has 0 bridgehead atoms. The summed E-state index contributed by atoms with van der Waals surface area (Å²) in [5.74, 6) is 0.0419. The van der Waals surface area contributed by atoms with Gasteiger partial charge in [0.05, 0.1) is 46.4 Å². The maximum atomic E-state index is 11.9. The highest BCUT2D eigenvalue weighted by atomic mass is 35.5. The van der Waals surface area contributed by atoms with E-state index in [4.69, 9.17) is 39.6 Å². The maximum Gasteiger partial charge on any atom is 0.335 e. The molecule has 7 rings (SSSR count). The minimum atomic E-state index is -2.76. The molecule has 2 saturated heterocycles. The van der Waals surface area contributed by atoms with E-state index in [1.807, 2.05) is 23.6 Å². The molecule has 0 amide bonds. The number of piperidine rings is 1. The standard InChI is InChI=1S/C32H33ClN4O6/c1-32(27-7-6-21(33)16-34-27)42-25-5-3-4-23(30(25)43-32)19-8-11-36(12-9-19)18-28-35-29-24(37(28)17-22-10-13-41-22)14-20(31(38)39)15-26(29)40-2/h3-7,14-16,19,22H,8-13,17-18H2,1-2H3,(H,38,39)/t22?,32-/m0/s1/i2D3. The van der Waals surface area contributed by atoms with E-state index in [0.29, 0.717) is 53.0 Å². The third-order valence-corrected chi connectivity index (χ3v) is 8.85. The third kappa shape index (κ3) is 5.17. The summed E-state index contributed by atoms with van der Waals surface area (Å²) in [6, 6.07) is 12.3. The van der Waals surface area contributed by atoms with E-state index in [-0.39, 0.29) is 23.3 Å². The van der Waals surface area contributed by atoms with Gasteiger partial charge in [0.2, 0.25) is 0 Å². The highest BCUT2D eigenvalue weighted by Gasteiger charge is 2.42. The summed E-state index contributed by atoms with van der Waals surface area (Å²) < 4.78 is 48.5. The lowest BCUT2D eigenvalue weighted by Crippen LogP contribution is -2.35. The fourth-order valence-corrected chi connectivity index (χ4v) is 6.33.